The number of hydrogen-bond acceptors (Lipinski definition) is 3. The van der Waals surface area contributed by atoms with Crippen molar-refractivity contribution in [1.29, 1.82) is 0 Å². The third-order valence-electron chi connectivity index (χ3n) is 11.0. The van der Waals surface area contributed by atoms with E-state index in [2.05, 4.69) is 20.8 Å². The summed E-state index contributed by atoms with van der Waals surface area (Å²) in [6, 6.07) is 0. The molecule has 0 saturated heterocycles. The molecule has 4 heteroatoms. The van der Waals surface area contributed by atoms with Gasteiger partial charge in [0.15, 0.2) is 0 Å². The van der Waals surface area contributed by atoms with Crippen molar-refractivity contribution >= 4 is 0 Å². The Kier molecular flexibility index (Phi) is 6.14. The molecular weight excluding hydrogens is 391 g/mol. The fourth-order valence-corrected chi connectivity index (χ4v) is 9.27. The zero-order valence-corrected chi connectivity index (χ0v) is 20.5. The van der Waals surface area contributed by atoms with Gasteiger partial charge in [-0.05, 0) is 107 Å². The summed E-state index contributed by atoms with van der Waals surface area (Å²) in [5.41, 5.74) is -2.38. The van der Waals surface area contributed by atoms with E-state index in [9.17, 15) is 15.3 Å². The molecule has 0 unspecified atom stereocenters. The van der Waals surface area contributed by atoms with Crippen LogP contribution in [0.1, 0.15) is 105 Å². The average molecular weight is 439 g/mol. The zero-order chi connectivity index (χ0) is 22.8. The van der Waals surface area contributed by atoms with Gasteiger partial charge < -0.3 is 15.3 Å². The van der Waals surface area contributed by atoms with E-state index in [-0.39, 0.29) is 0 Å². The van der Waals surface area contributed by atoms with Gasteiger partial charge >= 0.3 is 0 Å². The summed E-state index contributed by atoms with van der Waals surface area (Å²) in [6.45, 7) is 10.8. The van der Waals surface area contributed by atoms with Crippen LogP contribution in [0.5, 0.6) is 0 Å². The lowest BCUT2D eigenvalue weighted by atomic mass is 9.43. The van der Waals surface area contributed by atoms with Gasteiger partial charge in [-0.25, -0.2) is 4.39 Å². The van der Waals surface area contributed by atoms with Crippen molar-refractivity contribution in [2.24, 2.45) is 40.4 Å². The van der Waals surface area contributed by atoms with Gasteiger partial charge in [-0.3, -0.25) is 0 Å². The van der Waals surface area contributed by atoms with Crippen LogP contribution in [-0.2, 0) is 0 Å². The molecule has 180 valence electrons. The quantitative estimate of drug-likeness (QED) is 0.520. The molecule has 0 heterocycles. The third kappa shape index (κ3) is 3.71. The van der Waals surface area contributed by atoms with Crippen molar-refractivity contribution in [3.8, 4) is 0 Å². The average Bonchev–Trinajstić information content (AvgIpc) is 3.03. The number of fused-ring (bicyclic) bond motifs is 5. The number of aliphatic hydroxyl groups excluding tert-OH is 2. The predicted molar refractivity (Wildman–Crippen MR) is 122 cm³/mol. The van der Waals surface area contributed by atoms with E-state index in [0.717, 1.165) is 31.6 Å². The van der Waals surface area contributed by atoms with Crippen LogP contribution in [0.3, 0.4) is 0 Å². The third-order valence-corrected chi connectivity index (χ3v) is 11.0. The summed E-state index contributed by atoms with van der Waals surface area (Å²) in [5.74, 6) is 2.95. The van der Waals surface area contributed by atoms with E-state index in [0.29, 0.717) is 48.3 Å². The first-order chi connectivity index (χ1) is 14.3. The van der Waals surface area contributed by atoms with Crippen LogP contribution in [0.15, 0.2) is 0 Å². The summed E-state index contributed by atoms with van der Waals surface area (Å²) >= 11 is 0. The molecule has 0 aromatic carbocycles. The van der Waals surface area contributed by atoms with Crippen molar-refractivity contribution in [2.75, 3.05) is 0 Å². The Labute approximate surface area is 189 Å². The second kappa shape index (κ2) is 7.94. The molecule has 4 fully saturated rings. The van der Waals surface area contributed by atoms with Gasteiger partial charge in [0.2, 0.25) is 0 Å². The van der Waals surface area contributed by atoms with E-state index in [1.54, 1.807) is 0 Å². The highest BCUT2D eigenvalue weighted by molar-refractivity contribution is 5.17. The molecule has 4 rings (SSSR count). The SMILES string of the molecule is C[C@H](CCCC(C)(C)O)[C@H]1CC[C@H]2[C@@H]3CC[C@]4(F)[C@H](O)[C@@H](O)CC[C@]4(C)[C@H]3CC[C@]12C. The molecule has 0 bridgehead atoms. The fourth-order valence-electron chi connectivity index (χ4n) is 9.27. The highest BCUT2D eigenvalue weighted by Crippen LogP contribution is 2.70. The van der Waals surface area contributed by atoms with Crippen molar-refractivity contribution in [3.63, 3.8) is 0 Å². The Bertz CT molecular complexity index is 661. The molecule has 0 radical (unpaired) electrons. The summed E-state index contributed by atoms with van der Waals surface area (Å²) in [5, 5.41) is 30.9. The van der Waals surface area contributed by atoms with Crippen molar-refractivity contribution < 1.29 is 19.7 Å². The summed E-state index contributed by atoms with van der Waals surface area (Å²) in [4.78, 5) is 0. The number of rotatable bonds is 5. The van der Waals surface area contributed by atoms with E-state index in [1.807, 2.05) is 13.8 Å². The maximum absolute atomic E-state index is 16.3. The van der Waals surface area contributed by atoms with E-state index >= 15 is 4.39 Å². The molecule has 4 aliphatic rings. The number of hydrogen-bond donors (Lipinski definition) is 3. The molecule has 4 aliphatic carbocycles. The Morgan fingerprint density at radius 3 is 2.35 bits per heavy atom. The minimum atomic E-state index is -1.64. The topological polar surface area (TPSA) is 60.7 Å². The van der Waals surface area contributed by atoms with Crippen LogP contribution in [0.2, 0.25) is 0 Å². The van der Waals surface area contributed by atoms with Gasteiger partial charge in [-0.2, -0.15) is 0 Å². The van der Waals surface area contributed by atoms with Crippen molar-refractivity contribution in [1.82, 2.24) is 0 Å². The Morgan fingerprint density at radius 1 is 0.968 bits per heavy atom. The van der Waals surface area contributed by atoms with Gasteiger partial charge in [-0.1, -0.05) is 33.6 Å². The van der Waals surface area contributed by atoms with Crippen LogP contribution in [0.4, 0.5) is 4.39 Å². The largest absolute Gasteiger partial charge is 0.390 e. The molecule has 0 spiro atoms. The second-order valence-electron chi connectivity index (χ2n) is 13.2. The molecular formula is C27H47FO3. The Hall–Kier alpha value is -0.190. The van der Waals surface area contributed by atoms with Gasteiger partial charge in [0, 0.05) is 5.41 Å². The van der Waals surface area contributed by atoms with Crippen molar-refractivity contribution in [2.45, 2.75) is 129 Å². The second-order valence-corrected chi connectivity index (χ2v) is 13.2. The van der Waals surface area contributed by atoms with Gasteiger partial charge in [0.1, 0.15) is 11.8 Å². The van der Waals surface area contributed by atoms with E-state index in [1.165, 1.54) is 25.7 Å². The Balaban J connectivity index is 1.49. The highest BCUT2D eigenvalue weighted by Gasteiger charge is 2.68. The maximum atomic E-state index is 16.3. The van der Waals surface area contributed by atoms with Gasteiger partial charge in [0.05, 0.1) is 11.7 Å². The number of alkyl halides is 1. The van der Waals surface area contributed by atoms with Crippen molar-refractivity contribution in [3.05, 3.63) is 0 Å². The Morgan fingerprint density at radius 2 is 1.68 bits per heavy atom. The summed E-state index contributed by atoms with van der Waals surface area (Å²) in [6.07, 6.45) is 8.25. The lowest BCUT2D eigenvalue weighted by Gasteiger charge is -2.64. The molecule has 0 aliphatic heterocycles. The van der Waals surface area contributed by atoms with Crippen LogP contribution in [-0.4, -0.2) is 38.8 Å². The predicted octanol–water partition coefficient (Wildman–Crippen LogP) is 5.65. The highest BCUT2D eigenvalue weighted by atomic mass is 19.1. The van der Waals surface area contributed by atoms with Crippen LogP contribution < -0.4 is 0 Å². The summed E-state index contributed by atoms with van der Waals surface area (Å²) in [7, 11) is 0. The van der Waals surface area contributed by atoms with Gasteiger partial charge in [-0.15, -0.1) is 0 Å². The molecule has 0 aromatic heterocycles. The minimum absolute atomic E-state index is 0.329. The first kappa shape index (κ1) is 24.0. The summed E-state index contributed by atoms with van der Waals surface area (Å²) < 4.78 is 16.3. The molecule has 31 heavy (non-hydrogen) atoms. The minimum Gasteiger partial charge on any atom is -0.390 e. The van der Waals surface area contributed by atoms with E-state index < -0.39 is 28.9 Å². The normalized spacial score (nSPS) is 51.0. The standard InChI is InChI=1S/C27H47FO3/c1-17(7-6-13-24(2,3)31)19-8-9-20-18-10-16-27(28)23(30)22(29)12-15-26(27,5)21(18)11-14-25(19,20)4/h17-23,29-31H,6-16H2,1-5H3/t17-,18+,19-,20+,21+,22+,23-,25-,26-,27+/m1/s1. The first-order valence-electron chi connectivity index (χ1n) is 13.1. The van der Waals surface area contributed by atoms with Gasteiger partial charge in [0.25, 0.3) is 0 Å². The molecule has 0 aromatic rings. The molecule has 10 atom stereocenters. The lowest BCUT2D eigenvalue weighted by molar-refractivity contribution is -0.235. The molecule has 3 N–H and O–H groups in total. The number of halogens is 1. The molecule has 3 nitrogen and oxygen atoms in total. The molecule has 4 saturated carbocycles. The fraction of sp³-hybridized carbons (Fsp3) is 1.00. The van der Waals surface area contributed by atoms with Crippen LogP contribution in [0, 0.1) is 40.4 Å². The first-order valence-corrected chi connectivity index (χ1v) is 13.1. The smallest absolute Gasteiger partial charge is 0.144 e. The molecule has 0 amide bonds. The lowest BCUT2D eigenvalue weighted by Crippen LogP contribution is -2.67. The maximum Gasteiger partial charge on any atom is 0.144 e. The monoisotopic (exact) mass is 438 g/mol. The van der Waals surface area contributed by atoms with E-state index in [4.69, 9.17) is 0 Å². The zero-order valence-electron chi connectivity index (χ0n) is 20.5. The van der Waals surface area contributed by atoms with Crippen LogP contribution >= 0.6 is 0 Å². The number of aliphatic hydroxyl groups is 3. The van der Waals surface area contributed by atoms with Crippen LogP contribution in [0.25, 0.3) is 0 Å².